The quantitative estimate of drug-likeness (QED) is 0.0863. The maximum absolute atomic E-state index is 10.8. The van der Waals surface area contributed by atoms with Gasteiger partial charge in [0.2, 0.25) is 0 Å². The summed E-state index contributed by atoms with van der Waals surface area (Å²) in [7, 11) is -14.4. The SMILES string of the molecule is O=C([O-])c1ccc(C(=O)O)c(S(=O)(=O)O)c1.O=C([O-])c1ccc(C(=O)O)c(S(=O)(=O)O)c1.O=C([O-])c1ccc(C(=O)O)c(S(=O)(=O)O)c1.[Na+].[Na+].[Na+]. The maximum Gasteiger partial charge on any atom is 1.00 e. The average Bonchev–Trinajstić information content (AvgIpc) is 2.95. The third-order valence-electron chi connectivity index (χ3n) is 5.18. The van der Waals surface area contributed by atoms with E-state index in [1.165, 1.54) is 0 Å². The Bertz CT molecular complexity index is 1940. The maximum atomic E-state index is 10.8. The summed E-state index contributed by atoms with van der Waals surface area (Å²) in [5, 5.41) is 57.1. The van der Waals surface area contributed by atoms with Crippen molar-refractivity contribution in [2.24, 2.45) is 0 Å². The molecule has 0 aliphatic rings. The Balaban J connectivity index is -0.000000658. The van der Waals surface area contributed by atoms with E-state index in [9.17, 15) is 69.3 Å². The molecule has 51 heavy (non-hydrogen) atoms. The van der Waals surface area contributed by atoms with Gasteiger partial charge in [0, 0.05) is 0 Å². The van der Waals surface area contributed by atoms with Crippen molar-refractivity contribution in [1.82, 2.24) is 0 Å². The Labute approximate surface area is 352 Å². The predicted molar refractivity (Wildman–Crippen MR) is 143 cm³/mol. The summed E-state index contributed by atoms with van der Waals surface area (Å²) in [4.78, 5) is 60.2. The summed E-state index contributed by atoms with van der Waals surface area (Å²) < 4.78 is 91.0. The Morgan fingerprint density at radius 3 is 0.706 bits per heavy atom. The average molecular weight is 805 g/mol. The number of benzene rings is 3. The fourth-order valence-electron chi connectivity index (χ4n) is 3.12. The number of hydrogen-bond donors (Lipinski definition) is 6. The Kier molecular flexibility index (Phi) is 21.7. The summed E-state index contributed by atoms with van der Waals surface area (Å²) in [6.07, 6.45) is 0. The third-order valence-corrected chi connectivity index (χ3v) is 7.86. The minimum Gasteiger partial charge on any atom is -0.545 e. The zero-order chi connectivity index (χ0) is 37.5. The van der Waals surface area contributed by atoms with Crippen molar-refractivity contribution >= 4 is 66.2 Å². The molecule has 258 valence electrons. The number of carbonyl (C=O) groups is 6. The van der Waals surface area contributed by atoms with Crippen molar-refractivity contribution < 1.29 is 187 Å². The molecule has 0 atom stereocenters. The fraction of sp³-hybridized carbons (Fsp3) is 0. The zero-order valence-corrected chi connectivity index (χ0v) is 34.2. The van der Waals surface area contributed by atoms with Crippen LogP contribution in [0.25, 0.3) is 0 Å². The second-order valence-corrected chi connectivity index (χ2v) is 12.5. The van der Waals surface area contributed by atoms with Crippen LogP contribution in [-0.4, -0.2) is 90.0 Å². The normalized spacial score (nSPS) is 10.4. The first-order chi connectivity index (χ1) is 21.7. The summed E-state index contributed by atoms with van der Waals surface area (Å²) >= 11 is 0. The van der Waals surface area contributed by atoms with Crippen LogP contribution in [0.2, 0.25) is 0 Å². The van der Waals surface area contributed by atoms with E-state index in [2.05, 4.69) is 0 Å². The van der Waals surface area contributed by atoms with Crippen molar-refractivity contribution in [2.45, 2.75) is 14.7 Å². The Morgan fingerprint density at radius 1 is 0.412 bits per heavy atom. The van der Waals surface area contributed by atoms with E-state index < -0.39 is 114 Å². The van der Waals surface area contributed by atoms with Gasteiger partial charge in [-0.15, -0.1) is 0 Å². The number of hydrogen-bond acceptors (Lipinski definition) is 15. The molecule has 0 aliphatic heterocycles. The number of rotatable bonds is 9. The van der Waals surface area contributed by atoms with E-state index in [0.717, 1.165) is 36.4 Å². The van der Waals surface area contributed by atoms with Gasteiger partial charge in [0.25, 0.3) is 30.4 Å². The first-order valence-electron chi connectivity index (χ1n) is 11.4. The van der Waals surface area contributed by atoms with E-state index in [1.54, 1.807) is 0 Å². The Morgan fingerprint density at radius 2 is 0.588 bits per heavy atom. The molecule has 0 saturated carbocycles. The molecule has 0 fully saturated rings. The molecule has 0 aliphatic carbocycles. The van der Waals surface area contributed by atoms with Crippen LogP contribution in [0.1, 0.15) is 62.1 Å². The molecule has 27 heteroatoms. The van der Waals surface area contributed by atoms with Gasteiger partial charge < -0.3 is 45.0 Å². The number of carbonyl (C=O) groups excluding carboxylic acids is 3. The van der Waals surface area contributed by atoms with Crippen molar-refractivity contribution in [3.8, 4) is 0 Å². The van der Waals surface area contributed by atoms with Crippen molar-refractivity contribution in [3.63, 3.8) is 0 Å². The minimum atomic E-state index is -4.81. The first-order valence-corrected chi connectivity index (χ1v) is 15.7. The van der Waals surface area contributed by atoms with Gasteiger partial charge in [-0.05, 0) is 53.1 Å². The van der Waals surface area contributed by atoms with Gasteiger partial charge in [-0.3, -0.25) is 13.7 Å². The van der Waals surface area contributed by atoms with Crippen LogP contribution < -0.4 is 104 Å². The van der Waals surface area contributed by atoms with Crippen LogP contribution in [0.15, 0.2) is 69.3 Å². The molecule has 0 aromatic heterocycles. The van der Waals surface area contributed by atoms with Crippen LogP contribution in [0, 0.1) is 0 Å². The predicted octanol–water partition coefficient (Wildman–Crippen LogP) is -12.0. The summed E-state index contributed by atoms with van der Waals surface area (Å²) in [6, 6.07) is 6.45. The number of carboxylic acids is 6. The van der Waals surface area contributed by atoms with Crippen LogP contribution in [-0.2, 0) is 30.4 Å². The van der Waals surface area contributed by atoms with E-state index in [1.807, 2.05) is 0 Å². The van der Waals surface area contributed by atoms with Crippen molar-refractivity contribution in [2.75, 3.05) is 0 Å². The number of aromatic carboxylic acids is 6. The molecule has 21 nitrogen and oxygen atoms in total. The van der Waals surface area contributed by atoms with E-state index in [4.69, 9.17) is 29.0 Å². The minimum absolute atomic E-state index is 0. The summed E-state index contributed by atoms with van der Waals surface area (Å²) in [5.41, 5.74) is -3.78. The molecule has 0 radical (unpaired) electrons. The molecular formula is C24H15Na3O21S3. The molecular weight excluding hydrogens is 789 g/mol. The summed E-state index contributed by atoms with van der Waals surface area (Å²) in [6.45, 7) is 0. The van der Waals surface area contributed by atoms with E-state index in [-0.39, 0.29) is 88.7 Å². The number of carboxylic acid groups (broad SMARTS) is 6. The zero-order valence-electron chi connectivity index (χ0n) is 25.7. The van der Waals surface area contributed by atoms with Gasteiger partial charge in [0.15, 0.2) is 0 Å². The van der Waals surface area contributed by atoms with Crippen LogP contribution in [0.4, 0.5) is 0 Å². The molecule has 0 saturated heterocycles. The molecule has 0 amide bonds. The molecule has 3 aromatic carbocycles. The molecule has 3 rings (SSSR count). The molecule has 0 heterocycles. The van der Waals surface area contributed by atoms with E-state index in [0.29, 0.717) is 18.2 Å². The van der Waals surface area contributed by atoms with Crippen LogP contribution >= 0.6 is 0 Å². The first kappa shape index (κ1) is 52.6. The van der Waals surface area contributed by atoms with Crippen molar-refractivity contribution in [1.29, 1.82) is 0 Å². The van der Waals surface area contributed by atoms with Gasteiger partial charge in [-0.2, -0.15) is 25.3 Å². The van der Waals surface area contributed by atoms with Gasteiger partial charge >= 0.3 is 107 Å². The van der Waals surface area contributed by atoms with Gasteiger partial charge in [0.05, 0.1) is 34.6 Å². The third kappa shape index (κ3) is 15.8. The van der Waals surface area contributed by atoms with Gasteiger partial charge in [-0.1, -0.05) is 18.2 Å². The van der Waals surface area contributed by atoms with Crippen molar-refractivity contribution in [3.05, 3.63) is 88.0 Å². The largest absolute Gasteiger partial charge is 1.00 e. The van der Waals surface area contributed by atoms with E-state index >= 15 is 0 Å². The summed E-state index contributed by atoms with van der Waals surface area (Å²) in [5.74, 6) is -9.84. The van der Waals surface area contributed by atoms with Gasteiger partial charge in [0.1, 0.15) is 14.7 Å². The standard InChI is InChI=1S/3C8H6O7S.3Na/c3*9-7(10)4-1-2-5(8(11)12)6(3-4)16(13,14)15;;;/h3*1-3H,(H,9,10)(H,11,12)(H,13,14,15);;;/q;;;3*+1/p-3. The van der Waals surface area contributed by atoms with Gasteiger partial charge in [-0.25, -0.2) is 14.4 Å². The second-order valence-electron chi connectivity index (χ2n) is 8.34. The molecule has 0 spiro atoms. The monoisotopic (exact) mass is 804 g/mol. The molecule has 0 unspecified atom stereocenters. The molecule has 0 bridgehead atoms. The topological polar surface area (TPSA) is 395 Å². The molecule has 6 N–H and O–H groups in total. The van der Waals surface area contributed by atoms with Crippen LogP contribution in [0.3, 0.4) is 0 Å². The van der Waals surface area contributed by atoms with Crippen LogP contribution in [0.5, 0.6) is 0 Å². The molecule has 3 aromatic rings. The Hall–Kier alpha value is -2.79. The second kappa shape index (κ2) is 21.0. The fourth-order valence-corrected chi connectivity index (χ4v) is 5.25. The smallest absolute Gasteiger partial charge is 0.545 e.